The van der Waals surface area contributed by atoms with Crippen molar-refractivity contribution in [1.29, 1.82) is 0 Å². The van der Waals surface area contributed by atoms with E-state index in [2.05, 4.69) is 44.2 Å². The Bertz CT molecular complexity index is 644. The number of aromatic nitrogens is 2. The maximum Gasteiger partial charge on any atom is 0.204 e. The quantitative estimate of drug-likeness (QED) is 0.654. The van der Waals surface area contributed by atoms with E-state index in [4.69, 9.17) is 0 Å². The molecule has 0 fully saturated rings. The predicted octanol–water partition coefficient (Wildman–Crippen LogP) is 1.91. The zero-order chi connectivity index (χ0) is 16.8. The lowest BCUT2D eigenvalue weighted by atomic mass is 10.1. The van der Waals surface area contributed by atoms with E-state index in [0.29, 0.717) is 6.54 Å². The van der Waals surface area contributed by atoms with E-state index in [1.807, 2.05) is 50.4 Å². The number of aliphatic imine (C=N–C) groups is 1. The number of anilines is 1. The van der Waals surface area contributed by atoms with Gasteiger partial charge in [-0.3, -0.25) is 4.99 Å². The molecule has 6 heteroatoms. The SMILES string of the molecule is CN=C(NCc1cnc(N(C)C)n1C)NC(C)c1ccccc1. The lowest BCUT2D eigenvalue weighted by molar-refractivity contribution is 0.676. The predicted molar refractivity (Wildman–Crippen MR) is 95.7 cm³/mol. The summed E-state index contributed by atoms with van der Waals surface area (Å²) in [6.45, 7) is 2.79. The van der Waals surface area contributed by atoms with Gasteiger partial charge in [-0.25, -0.2) is 4.98 Å². The maximum absolute atomic E-state index is 4.42. The van der Waals surface area contributed by atoms with E-state index in [1.165, 1.54) is 5.56 Å². The fraction of sp³-hybridized carbons (Fsp3) is 0.412. The van der Waals surface area contributed by atoms with Crippen LogP contribution < -0.4 is 15.5 Å². The van der Waals surface area contributed by atoms with Crippen LogP contribution in [0.15, 0.2) is 41.5 Å². The molecule has 0 saturated carbocycles. The van der Waals surface area contributed by atoms with Crippen LogP contribution in [0.25, 0.3) is 0 Å². The molecule has 0 bridgehead atoms. The number of rotatable bonds is 5. The molecule has 0 aliphatic carbocycles. The number of hydrogen-bond acceptors (Lipinski definition) is 3. The van der Waals surface area contributed by atoms with Crippen LogP contribution in [0.1, 0.15) is 24.2 Å². The minimum Gasteiger partial charge on any atom is -0.351 e. The van der Waals surface area contributed by atoms with Crippen LogP contribution in [0.2, 0.25) is 0 Å². The third kappa shape index (κ3) is 4.25. The van der Waals surface area contributed by atoms with Gasteiger partial charge < -0.3 is 20.1 Å². The number of nitrogens with zero attached hydrogens (tertiary/aromatic N) is 4. The van der Waals surface area contributed by atoms with E-state index < -0.39 is 0 Å². The van der Waals surface area contributed by atoms with Gasteiger partial charge >= 0.3 is 0 Å². The lowest BCUT2D eigenvalue weighted by Crippen LogP contribution is -2.38. The monoisotopic (exact) mass is 314 g/mol. The summed E-state index contributed by atoms with van der Waals surface area (Å²) in [5, 5.41) is 6.74. The van der Waals surface area contributed by atoms with E-state index in [1.54, 1.807) is 7.05 Å². The molecule has 1 heterocycles. The van der Waals surface area contributed by atoms with E-state index in [-0.39, 0.29) is 6.04 Å². The number of imidazole rings is 1. The van der Waals surface area contributed by atoms with Gasteiger partial charge in [0.25, 0.3) is 0 Å². The van der Waals surface area contributed by atoms with Crippen LogP contribution in [0.5, 0.6) is 0 Å². The normalized spacial score (nSPS) is 12.8. The molecule has 1 atom stereocenters. The summed E-state index contributed by atoms with van der Waals surface area (Å²) in [4.78, 5) is 10.7. The van der Waals surface area contributed by atoms with Crippen LogP contribution in [-0.4, -0.2) is 36.7 Å². The van der Waals surface area contributed by atoms with Gasteiger partial charge in [-0.15, -0.1) is 0 Å². The van der Waals surface area contributed by atoms with Gasteiger partial charge in [-0.05, 0) is 12.5 Å². The largest absolute Gasteiger partial charge is 0.351 e. The molecule has 0 spiro atoms. The third-order valence-electron chi connectivity index (χ3n) is 3.77. The molecular formula is C17H26N6. The summed E-state index contributed by atoms with van der Waals surface area (Å²) in [5.41, 5.74) is 2.33. The van der Waals surface area contributed by atoms with Crippen molar-refractivity contribution in [3.8, 4) is 0 Å². The number of nitrogens with one attached hydrogen (secondary N) is 2. The number of guanidine groups is 1. The molecule has 1 aromatic carbocycles. The maximum atomic E-state index is 4.42. The Labute approximate surface area is 138 Å². The smallest absolute Gasteiger partial charge is 0.204 e. The van der Waals surface area contributed by atoms with E-state index >= 15 is 0 Å². The van der Waals surface area contributed by atoms with Crippen molar-refractivity contribution in [2.75, 3.05) is 26.0 Å². The van der Waals surface area contributed by atoms with Crippen molar-refractivity contribution in [1.82, 2.24) is 20.2 Å². The molecule has 0 radical (unpaired) electrons. The van der Waals surface area contributed by atoms with Crippen molar-refractivity contribution in [2.45, 2.75) is 19.5 Å². The molecule has 2 N–H and O–H groups in total. The van der Waals surface area contributed by atoms with Gasteiger partial charge in [-0.1, -0.05) is 30.3 Å². The molecular weight excluding hydrogens is 288 g/mol. The van der Waals surface area contributed by atoms with E-state index in [0.717, 1.165) is 17.6 Å². The second kappa shape index (κ2) is 7.67. The molecule has 1 aromatic heterocycles. The minimum atomic E-state index is 0.186. The Balaban J connectivity index is 1.96. The summed E-state index contributed by atoms with van der Waals surface area (Å²) >= 11 is 0. The lowest BCUT2D eigenvalue weighted by Gasteiger charge is -2.18. The zero-order valence-electron chi connectivity index (χ0n) is 14.5. The Morgan fingerprint density at radius 2 is 2.00 bits per heavy atom. The van der Waals surface area contributed by atoms with Crippen LogP contribution in [-0.2, 0) is 13.6 Å². The number of hydrogen-bond donors (Lipinski definition) is 2. The molecule has 0 amide bonds. The Morgan fingerprint density at radius 3 is 2.57 bits per heavy atom. The first kappa shape index (κ1) is 16.9. The van der Waals surface area contributed by atoms with Crippen molar-refractivity contribution in [3.05, 3.63) is 47.8 Å². The highest BCUT2D eigenvalue weighted by molar-refractivity contribution is 5.80. The van der Waals surface area contributed by atoms with Crippen LogP contribution in [0.4, 0.5) is 5.95 Å². The summed E-state index contributed by atoms with van der Waals surface area (Å²) in [6, 6.07) is 10.5. The third-order valence-corrected chi connectivity index (χ3v) is 3.77. The molecule has 6 nitrogen and oxygen atoms in total. The first-order valence-corrected chi connectivity index (χ1v) is 7.73. The van der Waals surface area contributed by atoms with Crippen LogP contribution in [0.3, 0.4) is 0 Å². The average molecular weight is 314 g/mol. The van der Waals surface area contributed by atoms with Crippen LogP contribution in [0, 0.1) is 0 Å². The topological polar surface area (TPSA) is 57.5 Å². The van der Waals surface area contributed by atoms with Gasteiger partial charge in [0.2, 0.25) is 5.95 Å². The Hall–Kier alpha value is -2.50. The first-order chi connectivity index (χ1) is 11.0. The molecule has 23 heavy (non-hydrogen) atoms. The highest BCUT2D eigenvalue weighted by Gasteiger charge is 2.10. The summed E-state index contributed by atoms with van der Waals surface area (Å²) in [6.07, 6.45) is 1.89. The number of benzene rings is 1. The summed E-state index contributed by atoms with van der Waals surface area (Å²) in [7, 11) is 7.77. The fourth-order valence-electron chi connectivity index (χ4n) is 2.41. The molecule has 0 saturated heterocycles. The minimum absolute atomic E-state index is 0.186. The molecule has 2 aromatic rings. The molecule has 124 valence electrons. The van der Waals surface area contributed by atoms with Gasteiger partial charge in [0, 0.05) is 28.2 Å². The standard InChI is InChI=1S/C17H26N6/c1-13(14-9-7-6-8-10-14)21-16(18-2)19-11-15-12-20-17(22(3)4)23(15)5/h6-10,12-13H,11H2,1-5H3,(H2,18,19,21). The van der Waals surface area contributed by atoms with E-state index in [9.17, 15) is 0 Å². The van der Waals surface area contributed by atoms with Crippen LogP contribution >= 0.6 is 0 Å². The highest BCUT2D eigenvalue weighted by atomic mass is 15.3. The summed E-state index contributed by atoms with van der Waals surface area (Å²) < 4.78 is 2.07. The van der Waals surface area contributed by atoms with Gasteiger partial charge in [0.1, 0.15) is 0 Å². The van der Waals surface area contributed by atoms with Gasteiger partial charge in [0.05, 0.1) is 24.5 Å². The van der Waals surface area contributed by atoms with Crippen molar-refractivity contribution < 1.29 is 0 Å². The van der Waals surface area contributed by atoms with Gasteiger partial charge in [0.15, 0.2) is 5.96 Å². The fourth-order valence-corrected chi connectivity index (χ4v) is 2.41. The van der Waals surface area contributed by atoms with Crippen molar-refractivity contribution >= 4 is 11.9 Å². The van der Waals surface area contributed by atoms with Gasteiger partial charge in [-0.2, -0.15) is 0 Å². The average Bonchev–Trinajstić information content (AvgIpc) is 2.93. The highest BCUT2D eigenvalue weighted by Crippen LogP contribution is 2.12. The Kier molecular flexibility index (Phi) is 5.62. The molecule has 0 aliphatic heterocycles. The molecule has 2 rings (SSSR count). The summed E-state index contributed by atoms with van der Waals surface area (Å²) in [5.74, 6) is 1.70. The van der Waals surface area contributed by atoms with Crippen molar-refractivity contribution in [3.63, 3.8) is 0 Å². The second-order valence-electron chi connectivity index (χ2n) is 5.71. The molecule has 1 unspecified atom stereocenters. The zero-order valence-corrected chi connectivity index (χ0v) is 14.5. The first-order valence-electron chi connectivity index (χ1n) is 7.73. The Morgan fingerprint density at radius 1 is 1.30 bits per heavy atom. The van der Waals surface area contributed by atoms with Crippen molar-refractivity contribution in [2.24, 2.45) is 12.0 Å². The second-order valence-corrected chi connectivity index (χ2v) is 5.71. The molecule has 0 aliphatic rings.